The van der Waals surface area contributed by atoms with E-state index in [4.69, 9.17) is 22.7 Å². The Bertz CT molecular complexity index is 117. The van der Waals surface area contributed by atoms with Gasteiger partial charge in [0, 0.05) is 19.5 Å². The van der Waals surface area contributed by atoms with Gasteiger partial charge in [0.05, 0.1) is 0 Å². The summed E-state index contributed by atoms with van der Waals surface area (Å²) in [6.07, 6.45) is 0.808. The van der Waals surface area contributed by atoms with Crippen LogP contribution in [0.4, 0.5) is 0 Å². The highest BCUT2D eigenvalue weighted by molar-refractivity contribution is 7.80. The molecule has 0 spiro atoms. The molecule has 2 N–H and O–H groups in total. The lowest BCUT2D eigenvalue weighted by molar-refractivity contribution is 0.306. The Labute approximate surface area is 73.5 Å². The zero-order valence-corrected chi connectivity index (χ0v) is 7.99. The fraction of sp³-hybridized carbons (Fsp3) is 0.857. The summed E-state index contributed by atoms with van der Waals surface area (Å²) in [5, 5.41) is 0.657. The smallest absolute Gasteiger partial charge is 0.161 e. The molecule has 0 saturated heterocycles. The number of hydrogen-bond donors (Lipinski definition) is 1. The lowest BCUT2D eigenvalue weighted by Crippen LogP contribution is -2.19. The van der Waals surface area contributed by atoms with Gasteiger partial charge in [-0.1, -0.05) is 0 Å². The molecule has 0 aromatic carbocycles. The van der Waals surface area contributed by atoms with Gasteiger partial charge in [-0.3, -0.25) is 0 Å². The fourth-order valence-electron chi connectivity index (χ4n) is 0.560. The molecular formula is C7H16N2OS. The molecule has 0 amide bonds. The molecular weight excluding hydrogens is 160 g/mol. The molecule has 3 nitrogen and oxygen atoms in total. The van der Waals surface area contributed by atoms with Crippen LogP contribution in [0.25, 0.3) is 0 Å². The fourth-order valence-corrected chi connectivity index (χ4v) is 0.734. The Kier molecular flexibility index (Phi) is 6.40. The van der Waals surface area contributed by atoms with Crippen molar-refractivity contribution in [2.24, 2.45) is 5.73 Å². The summed E-state index contributed by atoms with van der Waals surface area (Å²) in [6.45, 7) is 2.00. The van der Waals surface area contributed by atoms with E-state index in [-0.39, 0.29) is 0 Å². The molecule has 0 saturated carbocycles. The van der Waals surface area contributed by atoms with Crippen molar-refractivity contribution in [1.82, 2.24) is 4.90 Å². The van der Waals surface area contributed by atoms with E-state index in [1.165, 1.54) is 0 Å². The first-order chi connectivity index (χ1) is 5.16. The molecule has 0 aliphatic heterocycles. The highest BCUT2D eigenvalue weighted by atomic mass is 32.1. The Morgan fingerprint density at radius 3 is 2.64 bits per heavy atom. The van der Waals surface area contributed by atoms with Gasteiger partial charge in [0.25, 0.3) is 0 Å². The van der Waals surface area contributed by atoms with Crippen LogP contribution in [0, 0.1) is 0 Å². The van der Waals surface area contributed by atoms with Crippen molar-refractivity contribution in [1.29, 1.82) is 0 Å². The number of hydrogen-bond acceptors (Lipinski definition) is 4. The Morgan fingerprint density at radius 2 is 2.18 bits per heavy atom. The predicted molar refractivity (Wildman–Crippen MR) is 50.8 cm³/mol. The normalized spacial score (nSPS) is 10.2. The van der Waals surface area contributed by atoms with E-state index in [9.17, 15) is 0 Å². The molecule has 0 aliphatic rings. The number of nitrogens with two attached hydrogens (primary N) is 1. The molecule has 66 valence electrons. The van der Waals surface area contributed by atoms with Gasteiger partial charge >= 0.3 is 0 Å². The third kappa shape index (κ3) is 7.71. The second-order valence-electron chi connectivity index (χ2n) is 2.56. The van der Waals surface area contributed by atoms with E-state index in [0.717, 1.165) is 13.0 Å². The summed E-state index contributed by atoms with van der Waals surface area (Å²) >= 11 is 4.93. The van der Waals surface area contributed by atoms with Crippen LogP contribution in [-0.2, 0) is 4.74 Å². The summed E-state index contributed by atoms with van der Waals surface area (Å²) in [5.41, 5.74) is 5.24. The summed E-state index contributed by atoms with van der Waals surface area (Å²) in [6, 6.07) is 0. The van der Waals surface area contributed by atoms with Crippen LogP contribution < -0.4 is 5.73 Å². The predicted octanol–water partition coefficient (Wildman–Crippen LogP) is 0.241. The van der Waals surface area contributed by atoms with Crippen LogP contribution in [0.15, 0.2) is 0 Å². The average Bonchev–Trinajstić information content (AvgIpc) is 1.97. The van der Waals surface area contributed by atoms with E-state index < -0.39 is 0 Å². The Balaban J connectivity index is 3.23. The van der Waals surface area contributed by atoms with Crippen molar-refractivity contribution >= 4 is 17.3 Å². The second-order valence-corrected chi connectivity index (χ2v) is 3.02. The largest absolute Gasteiger partial charge is 0.486 e. The second kappa shape index (κ2) is 6.52. The van der Waals surface area contributed by atoms with Crippen molar-refractivity contribution in [3.05, 3.63) is 0 Å². The highest BCUT2D eigenvalue weighted by Crippen LogP contribution is 1.90. The van der Waals surface area contributed by atoms with E-state index in [2.05, 4.69) is 4.90 Å². The molecule has 4 heteroatoms. The number of rotatable bonds is 5. The first-order valence-electron chi connectivity index (χ1n) is 3.67. The van der Waals surface area contributed by atoms with Crippen LogP contribution in [0.3, 0.4) is 0 Å². The number of nitrogens with zero attached hydrogens (tertiary/aromatic N) is 1. The van der Waals surface area contributed by atoms with E-state index in [1.54, 1.807) is 0 Å². The molecule has 0 fully saturated rings. The van der Waals surface area contributed by atoms with Crippen LogP contribution in [0.1, 0.15) is 6.42 Å². The van der Waals surface area contributed by atoms with E-state index >= 15 is 0 Å². The van der Waals surface area contributed by atoms with Crippen LogP contribution in [0.5, 0.6) is 0 Å². The van der Waals surface area contributed by atoms with Gasteiger partial charge in [-0.05, 0) is 26.3 Å². The van der Waals surface area contributed by atoms with Crippen molar-refractivity contribution in [2.75, 3.05) is 33.8 Å². The summed E-state index contributed by atoms with van der Waals surface area (Å²) in [7, 11) is 4.01. The molecule has 0 heterocycles. The van der Waals surface area contributed by atoms with Crippen molar-refractivity contribution in [2.45, 2.75) is 6.42 Å². The zero-order chi connectivity index (χ0) is 8.69. The molecule has 0 aliphatic carbocycles. The SMILES string of the molecule is CN(C)CCC(=S)OCCN. The molecule has 0 rings (SSSR count). The highest BCUT2D eigenvalue weighted by Gasteiger charge is 1.97. The molecule has 0 atom stereocenters. The quantitative estimate of drug-likeness (QED) is 0.609. The molecule has 0 bridgehead atoms. The van der Waals surface area contributed by atoms with E-state index in [1.807, 2.05) is 14.1 Å². The number of thiocarbonyl (C=S) groups is 1. The minimum Gasteiger partial charge on any atom is -0.486 e. The van der Waals surface area contributed by atoms with Gasteiger partial charge in [-0.25, -0.2) is 0 Å². The van der Waals surface area contributed by atoms with Gasteiger partial charge in [0.1, 0.15) is 6.61 Å². The third-order valence-corrected chi connectivity index (χ3v) is 1.47. The molecule has 0 aromatic heterocycles. The van der Waals surface area contributed by atoms with Crippen LogP contribution in [-0.4, -0.2) is 43.7 Å². The minimum atomic E-state index is 0.530. The Hall–Kier alpha value is -0.190. The lowest BCUT2D eigenvalue weighted by atomic mass is 10.4. The monoisotopic (exact) mass is 176 g/mol. The van der Waals surface area contributed by atoms with Gasteiger partial charge in [-0.2, -0.15) is 0 Å². The van der Waals surface area contributed by atoms with Gasteiger partial charge in [0.2, 0.25) is 0 Å². The molecule has 11 heavy (non-hydrogen) atoms. The maximum absolute atomic E-state index is 5.24. The van der Waals surface area contributed by atoms with Crippen molar-refractivity contribution in [3.8, 4) is 0 Å². The van der Waals surface area contributed by atoms with Crippen molar-refractivity contribution in [3.63, 3.8) is 0 Å². The maximum atomic E-state index is 5.24. The summed E-state index contributed by atoms with van der Waals surface area (Å²) in [4.78, 5) is 2.07. The number of ether oxygens (including phenoxy) is 1. The minimum absolute atomic E-state index is 0.530. The van der Waals surface area contributed by atoms with Crippen LogP contribution in [0.2, 0.25) is 0 Å². The van der Waals surface area contributed by atoms with Gasteiger partial charge in [0.15, 0.2) is 5.05 Å². The standard InChI is InChI=1S/C7H16N2OS/c1-9(2)5-3-7(11)10-6-4-8/h3-6,8H2,1-2H3. The lowest BCUT2D eigenvalue weighted by Gasteiger charge is -2.10. The first-order valence-corrected chi connectivity index (χ1v) is 4.08. The molecule has 0 unspecified atom stereocenters. The van der Waals surface area contributed by atoms with Crippen molar-refractivity contribution < 1.29 is 4.74 Å². The van der Waals surface area contributed by atoms with Gasteiger partial charge < -0.3 is 15.4 Å². The van der Waals surface area contributed by atoms with Crippen LogP contribution >= 0.6 is 12.2 Å². The summed E-state index contributed by atoms with van der Waals surface area (Å²) < 4.78 is 5.12. The molecule has 0 aromatic rings. The topological polar surface area (TPSA) is 38.5 Å². The third-order valence-electron chi connectivity index (χ3n) is 1.14. The average molecular weight is 176 g/mol. The Morgan fingerprint density at radius 1 is 1.55 bits per heavy atom. The zero-order valence-electron chi connectivity index (χ0n) is 7.17. The van der Waals surface area contributed by atoms with E-state index in [0.29, 0.717) is 18.2 Å². The van der Waals surface area contributed by atoms with Gasteiger partial charge in [-0.15, -0.1) is 0 Å². The first kappa shape index (κ1) is 10.8. The summed E-state index contributed by atoms with van der Waals surface area (Å²) in [5.74, 6) is 0. The maximum Gasteiger partial charge on any atom is 0.161 e. The molecule has 0 radical (unpaired) electrons.